The predicted octanol–water partition coefficient (Wildman–Crippen LogP) is 1.58. The number of ether oxygens (including phenoxy) is 2. The Kier molecular flexibility index (Phi) is 3.08. The first-order chi connectivity index (χ1) is 7.35. The van der Waals surface area contributed by atoms with Crippen LogP contribution in [0, 0.1) is 0 Å². The van der Waals surface area contributed by atoms with Crippen LogP contribution < -0.4 is 10.6 Å². The Morgan fingerprint density at radius 1 is 1.53 bits per heavy atom. The summed E-state index contributed by atoms with van der Waals surface area (Å²) in [6.07, 6.45) is 1.57. The van der Waals surface area contributed by atoms with E-state index in [0.29, 0.717) is 12.5 Å². The molecule has 1 aliphatic heterocycles. The Morgan fingerprint density at radius 3 is 3.13 bits per heavy atom. The molecule has 0 saturated heterocycles. The maximum Gasteiger partial charge on any atom is 0.189 e. The molecular formula is C10H11ClN2O2. The first kappa shape index (κ1) is 10.3. The van der Waals surface area contributed by atoms with E-state index >= 15 is 0 Å². The first-order valence-electron chi connectivity index (χ1n) is 4.50. The number of nitrogens with two attached hydrogens (primary N) is 1. The van der Waals surface area contributed by atoms with Crippen LogP contribution >= 0.6 is 11.6 Å². The topological polar surface area (TPSA) is 56.8 Å². The van der Waals surface area contributed by atoms with Crippen molar-refractivity contribution < 1.29 is 9.47 Å². The van der Waals surface area contributed by atoms with Crippen molar-refractivity contribution >= 4 is 17.8 Å². The van der Waals surface area contributed by atoms with Gasteiger partial charge in [-0.15, -0.1) is 11.6 Å². The van der Waals surface area contributed by atoms with Gasteiger partial charge >= 0.3 is 0 Å². The molecule has 0 aliphatic carbocycles. The fourth-order valence-corrected chi connectivity index (χ4v) is 1.78. The van der Waals surface area contributed by atoms with Crippen LogP contribution in [0.3, 0.4) is 0 Å². The fourth-order valence-electron chi connectivity index (χ4n) is 1.59. The molecule has 80 valence electrons. The van der Waals surface area contributed by atoms with Gasteiger partial charge in [0.05, 0.1) is 18.7 Å². The normalized spacial score (nSPS) is 15.0. The van der Waals surface area contributed by atoms with Gasteiger partial charge in [-0.1, -0.05) is 0 Å². The van der Waals surface area contributed by atoms with Crippen LogP contribution in [0.5, 0.6) is 5.75 Å². The highest BCUT2D eigenvalue weighted by molar-refractivity contribution is 6.17. The fraction of sp³-hybridized carbons (Fsp3) is 0.300. The zero-order valence-corrected chi connectivity index (χ0v) is 8.83. The summed E-state index contributed by atoms with van der Waals surface area (Å²) < 4.78 is 10.6. The Balaban J connectivity index is 2.47. The van der Waals surface area contributed by atoms with Crippen LogP contribution in [0.25, 0.3) is 0 Å². The number of benzene rings is 1. The van der Waals surface area contributed by atoms with Crippen molar-refractivity contribution in [3.05, 3.63) is 28.8 Å². The number of alkyl halides is 1. The van der Waals surface area contributed by atoms with Crippen molar-refractivity contribution in [2.24, 2.45) is 10.9 Å². The van der Waals surface area contributed by atoms with Crippen LogP contribution in [0.15, 0.2) is 17.2 Å². The number of halogens is 1. The molecule has 2 rings (SSSR count). The average molecular weight is 227 g/mol. The second-order valence-electron chi connectivity index (χ2n) is 3.19. The quantitative estimate of drug-likeness (QED) is 0.361. The van der Waals surface area contributed by atoms with Gasteiger partial charge in [-0.05, 0) is 17.7 Å². The largest absolute Gasteiger partial charge is 0.467 e. The Bertz CT molecular complexity index is 376. The lowest BCUT2D eigenvalue weighted by atomic mass is 10.1. The van der Waals surface area contributed by atoms with Crippen LogP contribution in [0.2, 0.25) is 0 Å². The van der Waals surface area contributed by atoms with Gasteiger partial charge in [0.2, 0.25) is 0 Å². The molecule has 0 radical (unpaired) electrons. The molecule has 0 fully saturated rings. The van der Waals surface area contributed by atoms with Crippen LogP contribution in [0.1, 0.15) is 16.7 Å². The van der Waals surface area contributed by atoms with Gasteiger partial charge in [0.1, 0.15) is 5.75 Å². The van der Waals surface area contributed by atoms with E-state index in [-0.39, 0.29) is 6.79 Å². The van der Waals surface area contributed by atoms with E-state index in [2.05, 4.69) is 5.10 Å². The lowest BCUT2D eigenvalue weighted by molar-refractivity contribution is -0.0169. The van der Waals surface area contributed by atoms with Crippen molar-refractivity contribution in [1.82, 2.24) is 0 Å². The molecule has 0 bridgehead atoms. The van der Waals surface area contributed by atoms with E-state index in [9.17, 15) is 0 Å². The molecule has 0 amide bonds. The second-order valence-corrected chi connectivity index (χ2v) is 3.46. The molecule has 1 aromatic carbocycles. The predicted molar refractivity (Wildman–Crippen MR) is 58.1 cm³/mol. The molecule has 1 aromatic rings. The van der Waals surface area contributed by atoms with Crippen molar-refractivity contribution in [1.29, 1.82) is 0 Å². The molecule has 0 aromatic heterocycles. The maximum atomic E-state index is 5.84. The minimum Gasteiger partial charge on any atom is -0.467 e. The first-order valence-corrected chi connectivity index (χ1v) is 5.04. The van der Waals surface area contributed by atoms with Crippen LogP contribution in [-0.4, -0.2) is 13.0 Å². The molecule has 4 nitrogen and oxygen atoms in total. The summed E-state index contributed by atoms with van der Waals surface area (Å²) in [5.74, 6) is 6.32. The monoisotopic (exact) mass is 226 g/mol. The second kappa shape index (κ2) is 4.51. The van der Waals surface area contributed by atoms with Crippen molar-refractivity contribution in [2.75, 3.05) is 6.79 Å². The maximum absolute atomic E-state index is 5.84. The van der Waals surface area contributed by atoms with Gasteiger partial charge < -0.3 is 15.3 Å². The molecule has 2 N–H and O–H groups in total. The van der Waals surface area contributed by atoms with Crippen LogP contribution in [0.4, 0.5) is 0 Å². The smallest absolute Gasteiger partial charge is 0.189 e. The van der Waals surface area contributed by atoms with Gasteiger partial charge in [0, 0.05) is 11.1 Å². The lowest BCUT2D eigenvalue weighted by Crippen LogP contribution is -2.13. The van der Waals surface area contributed by atoms with Crippen molar-refractivity contribution in [2.45, 2.75) is 12.5 Å². The molecule has 1 heterocycles. The molecule has 0 spiro atoms. The number of hydrogen-bond acceptors (Lipinski definition) is 4. The van der Waals surface area contributed by atoms with Gasteiger partial charge in [0.15, 0.2) is 6.79 Å². The molecule has 0 unspecified atom stereocenters. The Hall–Kier alpha value is -1.26. The van der Waals surface area contributed by atoms with E-state index in [0.717, 1.165) is 22.4 Å². The van der Waals surface area contributed by atoms with Crippen molar-refractivity contribution in [3.63, 3.8) is 0 Å². The summed E-state index contributed by atoms with van der Waals surface area (Å²) in [5, 5.41) is 3.48. The number of nitrogens with zero attached hydrogens (tertiary/aromatic N) is 1. The van der Waals surface area contributed by atoms with E-state index in [4.69, 9.17) is 26.9 Å². The Morgan fingerprint density at radius 2 is 2.40 bits per heavy atom. The molecule has 5 heteroatoms. The summed E-state index contributed by atoms with van der Waals surface area (Å²) in [5.41, 5.74) is 2.82. The zero-order chi connectivity index (χ0) is 10.7. The summed E-state index contributed by atoms with van der Waals surface area (Å²) in [6, 6.07) is 3.84. The van der Waals surface area contributed by atoms with Crippen LogP contribution in [-0.2, 0) is 17.2 Å². The summed E-state index contributed by atoms with van der Waals surface area (Å²) in [7, 11) is 0. The number of rotatable bonds is 2. The third kappa shape index (κ3) is 2.06. The van der Waals surface area contributed by atoms with Gasteiger partial charge in [-0.25, -0.2) is 0 Å². The number of hydrogen-bond donors (Lipinski definition) is 1. The number of hydrazone groups is 1. The van der Waals surface area contributed by atoms with Gasteiger partial charge in [-0.2, -0.15) is 5.10 Å². The molecular weight excluding hydrogens is 216 g/mol. The zero-order valence-electron chi connectivity index (χ0n) is 8.07. The number of fused-ring (bicyclic) bond motifs is 1. The minimum atomic E-state index is 0.279. The highest BCUT2D eigenvalue weighted by Gasteiger charge is 2.15. The molecule has 0 atom stereocenters. The van der Waals surface area contributed by atoms with Gasteiger partial charge in [-0.3, -0.25) is 0 Å². The van der Waals surface area contributed by atoms with Gasteiger partial charge in [0.25, 0.3) is 0 Å². The van der Waals surface area contributed by atoms with E-state index in [1.807, 2.05) is 12.1 Å². The summed E-state index contributed by atoms with van der Waals surface area (Å²) in [6.45, 7) is 0.812. The average Bonchev–Trinajstić information content (AvgIpc) is 2.28. The van der Waals surface area contributed by atoms with Crippen molar-refractivity contribution in [3.8, 4) is 5.75 Å². The summed E-state index contributed by atoms with van der Waals surface area (Å²) >= 11 is 5.84. The highest BCUT2D eigenvalue weighted by Crippen LogP contribution is 2.30. The Labute approximate surface area is 92.6 Å². The van der Waals surface area contributed by atoms with E-state index in [1.54, 1.807) is 6.21 Å². The third-order valence-corrected chi connectivity index (χ3v) is 2.46. The molecule has 1 aliphatic rings. The summed E-state index contributed by atoms with van der Waals surface area (Å²) in [4.78, 5) is 0. The third-order valence-electron chi connectivity index (χ3n) is 2.18. The molecule has 0 saturated carbocycles. The highest BCUT2D eigenvalue weighted by atomic mass is 35.5. The SMILES string of the molecule is NN=Cc1cc(CCl)c2c(c1)COCO2. The van der Waals surface area contributed by atoms with E-state index in [1.165, 1.54) is 0 Å². The standard InChI is InChI=1S/C10H11ClN2O2/c11-3-8-1-7(4-13-12)2-9-5-14-6-15-10(8)9/h1-2,4H,3,5-6,12H2. The molecule has 15 heavy (non-hydrogen) atoms. The minimum absolute atomic E-state index is 0.279. The van der Waals surface area contributed by atoms with E-state index < -0.39 is 0 Å². The lowest BCUT2D eigenvalue weighted by Gasteiger charge is -2.20.